The number of aromatic nitrogens is 3. The fourth-order valence-electron chi connectivity index (χ4n) is 1.83. The van der Waals surface area contributed by atoms with Gasteiger partial charge in [-0.3, -0.25) is 10.1 Å². The van der Waals surface area contributed by atoms with Gasteiger partial charge in [-0.25, -0.2) is 4.68 Å². The minimum atomic E-state index is -4.56. The van der Waals surface area contributed by atoms with Crippen LogP contribution in [0.3, 0.4) is 0 Å². The van der Waals surface area contributed by atoms with Crippen LogP contribution < -0.4 is 10.6 Å². The molecule has 21 heavy (non-hydrogen) atoms. The quantitative estimate of drug-likeness (QED) is 0.910. The molecule has 0 atom stereocenters. The van der Waals surface area contributed by atoms with E-state index >= 15 is 0 Å². The third-order valence-electron chi connectivity index (χ3n) is 2.80. The molecule has 0 fully saturated rings. The second-order valence-corrected chi connectivity index (χ2v) is 4.14. The van der Waals surface area contributed by atoms with Crippen molar-refractivity contribution in [2.45, 2.75) is 6.18 Å². The Bertz CT molecular complexity index is 665. The molecule has 0 saturated heterocycles. The van der Waals surface area contributed by atoms with Crippen LogP contribution in [0.2, 0.25) is 0 Å². The molecule has 0 aliphatic carbocycles. The molecule has 112 valence electrons. The molecule has 1 amide bonds. The number of carbonyl (C=O) groups is 1. The number of hydrogen-bond acceptors (Lipinski definition) is 4. The maximum Gasteiger partial charge on any atom is 0.418 e. The number of amides is 1. The van der Waals surface area contributed by atoms with Crippen LogP contribution in [0.4, 0.5) is 24.8 Å². The zero-order valence-electron chi connectivity index (χ0n) is 11.2. The molecule has 1 aromatic heterocycles. The van der Waals surface area contributed by atoms with Gasteiger partial charge >= 0.3 is 6.18 Å². The monoisotopic (exact) mass is 299 g/mol. The fraction of sp³-hybridized carbons (Fsp3) is 0.250. The van der Waals surface area contributed by atoms with Crippen LogP contribution in [0, 0.1) is 0 Å². The van der Waals surface area contributed by atoms with Crippen molar-refractivity contribution in [3.63, 3.8) is 0 Å². The van der Waals surface area contributed by atoms with Crippen LogP contribution in [0.5, 0.6) is 0 Å². The van der Waals surface area contributed by atoms with Gasteiger partial charge in [0.2, 0.25) is 5.95 Å². The Balaban J connectivity index is 2.40. The lowest BCUT2D eigenvalue weighted by Crippen LogP contribution is -2.19. The van der Waals surface area contributed by atoms with E-state index in [1.54, 1.807) is 7.05 Å². The molecule has 1 heterocycles. The zero-order chi connectivity index (χ0) is 15.6. The number of nitrogens with one attached hydrogen (secondary N) is 2. The van der Waals surface area contributed by atoms with E-state index in [1.807, 2.05) is 0 Å². The lowest BCUT2D eigenvalue weighted by Gasteiger charge is -2.16. The van der Waals surface area contributed by atoms with Gasteiger partial charge in [0.25, 0.3) is 5.91 Å². The Labute approximate surface area is 118 Å². The third-order valence-corrected chi connectivity index (χ3v) is 2.80. The standard InChI is InChI=1S/C12H12F3N5O/c1-16-9-7(4-3-5-8(9)12(13,14)15)10(21)19-11-17-6-18-20(11)2/h3-6,16H,1-2H3,(H,17,18,19,21). The third kappa shape index (κ3) is 2.96. The van der Waals surface area contributed by atoms with E-state index in [4.69, 9.17) is 0 Å². The van der Waals surface area contributed by atoms with Gasteiger partial charge in [0.1, 0.15) is 6.33 Å². The molecule has 0 radical (unpaired) electrons. The highest BCUT2D eigenvalue weighted by atomic mass is 19.4. The van der Waals surface area contributed by atoms with Crippen LogP contribution in [0.15, 0.2) is 24.5 Å². The van der Waals surface area contributed by atoms with E-state index in [2.05, 4.69) is 20.7 Å². The summed E-state index contributed by atoms with van der Waals surface area (Å²) >= 11 is 0. The minimum Gasteiger partial charge on any atom is -0.387 e. The highest BCUT2D eigenvalue weighted by Gasteiger charge is 2.35. The van der Waals surface area contributed by atoms with Crippen LogP contribution >= 0.6 is 0 Å². The fourth-order valence-corrected chi connectivity index (χ4v) is 1.83. The van der Waals surface area contributed by atoms with Gasteiger partial charge in [0, 0.05) is 14.1 Å². The van der Waals surface area contributed by atoms with Gasteiger partial charge in [-0.05, 0) is 12.1 Å². The van der Waals surface area contributed by atoms with E-state index in [-0.39, 0.29) is 17.2 Å². The lowest BCUT2D eigenvalue weighted by molar-refractivity contribution is -0.136. The van der Waals surface area contributed by atoms with E-state index in [0.717, 1.165) is 6.07 Å². The van der Waals surface area contributed by atoms with Crippen molar-refractivity contribution in [3.8, 4) is 0 Å². The number of hydrogen-bond donors (Lipinski definition) is 2. The minimum absolute atomic E-state index is 0.129. The summed E-state index contributed by atoms with van der Waals surface area (Å²) in [7, 11) is 2.87. The molecule has 0 aliphatic heterocycles. The normalized spacial score (nSPS) is 11.3. The summed E-state index contributed by atoms with van der Waals surface area (Å²) in [6.07, 6.45) is -3.33. The topological polar surface area (TPSA) is 71.8 Å². The summed E-state index contributed by atoms with van der Waals surface area (Å²) in [5.74, 6) is -0.569. The number of nitrogens with zero attached hydrogens (tertiary/aromatic N) is 3. The van der Waals surface area contributed by atoms with E-state index in [1.165, 1.54) is 30.2 Å². The number of carbonyl (C=O) groups excluding carboxylic acids is 1. The number of aryl methyl sites for hydroxylation is 1. The molecule has 1 aromatic carbocycles. The predicted molar refractivity (Wildman–Crippen MR) is 69.9 cm³/mol. The summed E-state index contributed by atoms with van der Waals surface area (Å²) in [6.45, 7) is 0. The molecule has 0 saturated carbocycles. The molecular formula is C12H12F3N5O. The van der Waals surface area contributed by atoms with Crippen LogP contribution in [0.25, 0.3) is 0 Å². The second-order valence-electron chi connectivity index (χ2n) is 4.14. The van der Waals surface area contributed by atoms with E-state index in [9.17, 15) is 18.0 Å². The van der Waals surface area contributed by atoms with Crippen LogP contribution in [-0.4, -0.2) is 27.7 Å². The maximum atomic E-state index is 12.9. The lowest BCUT2D eigenvalue weighted by atomic mass is 10.1. The van der Waals surface area contributed by atoms with Crippen molar-refractivity contribution in [2.24, 2.45) is 7.05 Å². The Morgan fingerprint density at radius 1 is 1.33 bits per heavy atom. The van der Waals surface area contributed by atoms with Crippen molar-refractivity contribution in [1.82, 2.24) is 14.8 Å². The van der Waals surface area contributed by atoms with Gasteiger partial charge < -0.3 is 5.32 Å². The number of benzene rings is 1. The number of alkyl halides is 3. The van der Waals surface area contributed by atoms with Crippen LogP contribution in [-0.2, 0) is 13.2 Å². The van der Waals surface area contributed by atoms with E-state index in [0.29, 0.717) is 0 Å². The first-order valence-electron chi connectivity index (χ1n) is 5.88. The number of anilines is 2. The summed E-state index contributed by atoms with van der Waals surface area (Å²) < 4.78 is 40.1. The summed E-state index contributed by atoms with van der Waals surface area (Å²) in [5, 5.41) is 8.58. The predicted octanol–water partition coefficient (Wildman–Crippen LogP) is 2.13. The van der Waals surface area contributed by atoms with Gasteiger partial charge in [-0.2, -0.15) is 23.3 Å². The Hall–Kier alpha value is -2.58. The van der Waals surface area contributed by atoms with Gasteiger partial charge in [0.05, 0.1) is 16.8 Å². The van der Waals surface area contributed by atoms with Crippen molar-refractivity contribution < 1.29 is 18.0 Å². The summed E-state index contributed by atoms with van der Waals surface area (Å²) in [6, 6.07) is 3.38. The molecule has 2 aromatic rings. The second kappa shape index (κ2) is 5.43. The average molecular weight is 299 g/mol. The molecule has 2 N–H and O–H groups in total. The molecule has 6 nitrogen and oxygen atoms in total. The van der Waals surface area contributed by atoms with Crippen LogP contribution in [0.1, 0.15) is 15.9 Å². The summed E-state index contributed by atoms with van der Waals surface area (Å²) in [5.41, 5.74) is -1.32. The number of halogens is 3. The molecule has 0 spiro atoms. The highest BCUT2D eigenvalue weighted by Crippen LogP contribution is 2.36. The molecule has 0 bridgehead atoms. The molecular weight excluding hydrogens is 287 g/mol. The molecule has 0 aliphatic rings. The Morgan fingerprint density at radius 3 is 2.57 bits per heavy atom. The first-order valence-corrected chi connectivity index (χ1v) is 5.88. The smallest absolute Gasteiger partial charge is 0.387 e. The summed E-state index contributed by atoms with van der Waals surface area (Å²) in [4.78, 5) is 15.9. The van der Waals surface area contributed by atoms with Crippen molar-refractivity contribution in [1.29, 1.82) is 0 Å². The highest BCUT2D eigenvalue weighted by molar-refractivity contribution is 6.07. The Morgan fingerprint density at radius 2 is 2.05 bits per heavy atom. The zero-order valence-corrected chi connectivity index (χ0v) is 11.2. The SMILES string of the molecule is CNc1c(C(=O)Nc2ncnn2C)cccc1C(F)(F)F. The van der Waals surface area contributed by atoms with Gasteiger partial charge in [-0.15, -0.1) is 0 Å². The average Bonchev–Trinajstić information content (AvgIpc) is 2.82. The van der Waals surface area contributed by atoms with Crippen molar-refractivity contribution >= 4 is 17.5 Å². The largest absolute Gasteiger partial charge is 0.418 e. The first kappa shape index (κ1) is 14.8. The van der Waals surface area contributed by atoms with Gasteiger partial charge in [0.15, 0.2) is 0 Å². The van der Waals surface area contributed by atoms with Gasteiger partial charge in [-0.1, -0.05) is 6.07 Å². The maximum absolute atomic E-state index is 12.9. The number of rotatable bonds is 3. The first-order chi connectivity index (χ1) is 9.84. The van der Waals surface area contributed by atoms with Crippen molar-refractivity contribution in [3.05, 3.63) is 35.7 Å². The number of para-hydroxylation sites is 1. The Kier molecular flexibility index (Phi) is 3.83. The van der Waals surface area contributed by atoms with Crippen molar-refractivity contribution in [2.75, 3.05) is 17.7 Å². The van der Waals surface area contributed by atoms with E-state index < -0.39 is 17.6 Å². The molecule has 9 heteroatoms. The molecule has 0 unspecified atom stereocenters. The molecule has 2 rings (SSSR count).